The lowest BCUT2D eigenvalue weighted by atomic mass is 10.1. The van der Waals surface area contributed by atoms with Gasteiger partial charge in [0.15, 0.2) is 0 Å². The van der Waals surface area contributed by atoms with E-state index >= 15 is 0 Å². The van der Waals surface area contributed by atoms with Gasteiger partial charge in [0.25, 0.3) is 0 Å². The minimum absolute atomic E-state index is 0.104. The van der Waals surface area contributed by atoms with Crippen LogP contribution in [0.2, 0.25) is 0 Å². The number of benzene rings is 1. The number of thiophene rings is 1. The summed E-state index contributed by atoms with van der Waals surface area (Å²) in [6, 6.07) is 8.27. The summed E-state index contributed by atoms with van der Waals surface area (Å²) in [7, 11) is 0. The van der Waals surface area contributed by atoms with Crippen molar-refractivity contribution in [2.75, 3.05) is 13.2 Å². The van der Waals surface area contributed by atoms with E-state index in [0.717, 1.165) is 0 Å². The fourth-order valence-corrected chi connectivity index (χ4v) is 3.44. The molecule has 0 spiro atoms. The van der Waals surface area contributed by atoms with Crippen LogP contribution < -0.4 is 0 Å². The Hall–Kier alpha value is -1.39. The van der Waals surface area contributed by atoms with Crippen molar-refractivity contribution in [2.24, 2.45) is 5.92 Å². The molecule has 18 heavy (non-hydrogen) atoms. The largest absolute Gasteiger partial charge is 0.396 e. The van der Waals surface area contributed by atoms with Gasteiger partial charge in [-0.2, -0.15) is 0 Å². The van der Waals surface area contributed by atoms with Crippen LogP contribution in [-0.4, -0.2) is 29.1 Å². The number of amides is 1. The Morgan fingerprint density at radius 3 is 3.00 bits per heavy atom. The van der Waals surface area contributed by atoms with Gasteiger partial charge < -0.3 is 10.0 Å². The minimum Gasteiger partial charge on any atom is -0.396 e. The normalized spacial score (nSPS) is 19.9. The van der Waals surface area contributed by atoms with Crippen molar-refractivity contribution in [2.45, 2.75) is 13.0 Å². The fraction of sp³-hybridized carbons (Fsp3) is 0.357. The SMILES string of the molecule is O=C1CC(CO)CN1Cc1csc2ccccc12. The van der Waals surface area contributed by atoms with Crippen LogP contribution in [0.1, 0.15) is 12.0 Å². The van der Waals surface area contributed by atoms with Gasteiger partial charge in [-0.3, -0.25) is 4.79 Å². The molecule has 3 nitrogen and oxygen atoms in total. The standard InChI is InChI=1S/C14H15NO2S/c16-8-10-5-14(17)15(6-10)7-11-9-18-13-4-2-1-3-12(11)13/h1-4,9-10,16H,5-8H2. The number of carbonyl (C=O) groups is 1. The summed E-state index contributed by atoms with van der Waals surface area (Å²) in [6.45, 7) is 1.45. The highest BCUT2D eigenvalue weighted by molar-refractivity contribution is 7.17. The molecule has 94 valence electrons. The zero-order valence-corrected chi connectivity index (χ0v) is 10.8. The minimum atomic E-state index is 0.104. The third-order valence-electron chi connectivity index (χ3n) is 3.48. The first-order chi connectivity index (χ1) is 8.78. The van der Waals surface area contributed by atoms with E-state index in [1.54, 1.807) is 11.3 Å². The molecule has 1 N–H and O–H groups in total. The number of hydrogen-bond acceptors (Lipinski definition) is 3. The molecule has 2 aromatic rings. The number of nitrogens with zero attached hydrogens (tertiary/aromatic N) is 1. The molecule has 0 aliphatic carbocycles. The third-order valence-corrected chi connectivity index (χ3v) is 4.49. The molecule has 1 aliphatic heterocycles. The third kappa shape index (κ3) is 2.02. The zero-order chi connectivity index (χ0) is 12.5. The van der Waals surface area contributed by atoms with Gasteiger partial charge in [-0.15, -0.1) is 11.3 Å². The summed E-state index contributed by atoms with van der Waals surface area (Å²) >= 11 is 1.72. The van der Waals surface area contributed by atoms with Gasteiger partial charge in [-0.05, 0) is 22.4 Å². The second-order valence-corrected chi connectivity index (χ2v) is 5.70. The maximum atomic E-state index is 11.8. The van der Waals surface area contributed by atoms with Crippen molar-refractivity contribution < 1.29 is 9.90 Å². The Morgan fingerprint density at radius 1 is 1.39 bits per heavy atom. The first-order valence-electron chi connectivity index (χ1n) is 6.11. The number of aliphatic hydroxyl groups is 1. The summed E-state index contributed by atoms with van der Waals surface area (Å²) in [6.07, 6.45) is 0.485. The predicted octanol–water partition coefficient (Wildman–Crippen LogP) is 2.24. The molecule has 4 heteroatoms. The Bertz CT molecular complexity index is 578. The van der Waals surface area contributed by atoms with Crippen LogP contribution in [-0.2, 0) is 11.3 Å². The molecule has 1 saturated heterocycles. The highest BCUT2D eigenvalue weighted by atomic mass is 32.1. The lowest BCUT2D eigenvalue weighted by Gasteiger charge is -2.15. The molecule has 1 amide bonds. The number of rotatable bonds is 3. The fourth-order valence-electron chi connectivity index (χ4n) is 2.49. The number of aliphatic hydroxyl groups excluding tert-OH is 1. The maximum absolute atomic E-state index is 11.8. The van der Waals surface area contributed by atoms with Crippen molar-refractivity contribution in [3.8, 4) is 0 Å². The van der Waals surface area contributed by atoms with E-state index in [2.05, 4.69) is 17.5 Å². The molecule has 1 aromatic heterocycles. The summed E-state index contributed by atoms with van der Waals surface area (Å²) in [5.74, 6) is 0.270. The molecule has 0 saturated carbocycles. The molecule has 1 aliphatic rings. The molecule has 1 fully saturated rings. The van der Waals surface area contributed by atoms with Crippen molar-refractivity contribution >= 4 is 27.3 Å². The number of carbonyl (C=O) groups excluding carboxylic acids is 1. The Kier molecular flexibility index (Phi) is 3.06. The highest BCUT2D eigenvalue weighted by Gasteiger charge is 2.29. The Labute approximate surface area is 110 Å². The Morgan fingerprint density at radius 2 is 2.22 bits per heavy atom. The number of fused-ring (bicyclic) bond motifs is 1. The topological polar surface area (TPSA) is 40.5 Å². The lowest BCUT2D eigenvalue weighted by molar-refractivity contribution is -0.128. The average Bonchev–Trinajstić information content (AvgIpc) is 2.95. The molecule has 2 heterocycles. The summed E-state index contributed by atoms with van der Waals surface area (Å²) in [5, 5.41) is 12.5. The van der Waals surface area contributed by atoms with E-state index in [0.29, 0.717) is 19.5 Å². The molecule has 0 radical (unpaired) electrons. The number of hydrogen-bond donors (Lipinski definition) is 1. The van der Waals surface area contributed by atoms with Gasteiger partial charge in [-0.25, -0.2) is 0 Å². The van der Waals surface area contributed by atoms with E-state index in [1.807, 2.05) is 17.0 Å². The molecule has 0 bridgehead atoms. The van der Waals surface area contributed by atoms with Crippen LogP contribution in [0.25, 0.3) is 10.1 Å². The second kappa shape index (κ2) is 4.71. The zero-order valence-electron chi connectivity index (χ0n) is 10.0. The summed E-state index contributed by atoms with van der Waals surface area (Å²) in [4.78, 5) is 13.7. The summed E-state index contributed by atoms with van der Waals surface area (Å²) in [5.41, 5.74) is 1.21. The molecular weight excluding hydrogens is 246 g/mol. The first kappa shape index (κ1) is 11.7. The van der Waals surface area contributed by atoms with Crippen molar-refractivity contribution in [1.82, 2.24) is 4.90 Å². The van der Waals surface area contributed by atoms with Gasteiger partial charge in [0.1, 0.15) is 0 Å². The van der Waals surface area contributed by atoms with Crippen LogP contribution >= 0.6 is 11.3 Å². The number of likely N-dealkylation sites (tertiary alicyclic amines) is 1. The molecular formula is C14H15NO2S. The molecule has 3 rings (SSSR count). The quantitative estimate of drug-likeness (QED) is 0.920. The maximum Gasteiger partial charge on any atom is 0.223 e. The van der Waals surface area contributed by atoms with E-state index in [4.69, 9.17) is 5.11 Å². The van der Waals surface area contributed by atoms with Crippen molar-refractivity contribution in [3.63, 3.8) is 0 Å². The van der Waals surface area contributed by atoms with E-state index in [1.165, 1.54) is 15.6 Å². The Balaban J connectivity index is 1.83. The highest BCUT2D eigenvalue weighted by Crippen LogP contribution is 2.28. The van der Waals surface area contributed by atoms with E-state index in [9.17, 15) is 4.79 Å². The smallest absolute Gasteiger partial charge is 0.223 e. The van der Waals surface area contributed by atoms with Crippen LogP contribution in [0.15, 0.2) is 29.6 Å². The average molecular weight is 261 g/mol. The van der Waals surface area contributed by atoms with Crippen molar-refractivity contribution in [1.29, 1.82) is 0 Å². The first-order valence-corrected chi connectivity index (χ1v) is 6.99. The van der Waals surface area contributed by atoms with Crippen LogP contribution in [0.4, 0.5) is 0 Å². The predicted molar refractivity (Wildman–Crippen MR) is 72.4 cm³/mol. The van der Waals surface area contributed by atoms with Crippen LogP contribution in [0, 0.1) is 5.92 Å². The monoisotopic (exact) mass is 261 g/mol. The molecule has 1 unspecified atom stereocenters. The van der Waals surface area contributed by atoms with Gasteiger partial charge in [0.2, 0.25) is 5.91 Å². The van der Waals surface area contributed by atoms with Gasteiger partial charge in [-0.1, -0.05) is 18.2 Å². The summed E-state index contributed by atoms with van der Waals surface area (Å²) < 4.78 is 1.26. The van der Waals surface area contributed by atoms with Gasteiger partial charge in [0.05, 0.1) is 0 Å². The molecule has 1 aromatic carbocycles. The van der Waals surface area contributed by atoms with Gasteiger partial charge >= 0.3 is 0 Å². The van der Waals surface area contributed by atoms with Gasteiger partial charge in [0, 0.05) is 36.7 Å². The van der Waals surface area contributed by atoms with Crippen LogP contribution in [0.5, 0.6) is 0 Å². The molecule has 1 atom stereocenters. The van der Waals surface area contributed by atoms with E-state index in [-0.39, 0.29) is 18.4 Å². The lowest BCUT2D eigenvalue weighted by Crippen LogP contribution is -2.24. The second-order valence-electron chi connectivity index (χ2n) is 4.78. The van der Waals surface area contributed by atoms with Crippen LogP contribution in [0.3, 0.4) is 0 Å². The van der Waals surface area contributed by atoms with Crippen molar-refractivity contribution in [3.05, 3.63) is 35.2 Å². The van der Waals surface area contributed by atoms with E-state index < -0.39 is 0 Å².